The van der Waals surface area contributed by atoms with Crippen LogP contribution in [0.3, 0.4) is 0 Å². The topological polar surface area (TPSA) is 163 Å². The molecule has 12 aromatic rings. The summed E-state index contributed by atoms with van der Waals surface area (Å²) in [5.41, 5.74) is 31.6. The molecule has 6 heterocycles. The van der Waals surface area contributed by atoms with Crippen molar-refractivity contribution in [1.29, 1.82) is 0 Å². The Morgan fingerprint density at radius 2 is 0.680 bits per heavy atom. The number of imidazole rings is 3. The van der Waals surface area contributed by atoms with E-state index >= 15 is 0 Å². The molecule has 14 nitrogen and oxygen atoms in total. The fourth-order valence-corrected chi connectivity index (χ4v) is 17.7. The number of para-hydroxylation sites is 3. The van der Waals surface area contributed by atoms with Crippen LogP contribution in [0.1, 0.15) is 333 Å². The molecule has 5 N–H and O–H groups in total. The maximum atomic E-state index is 6.44. The van der Waals surface area contributed by atoms with Crippen molar-refractivity contribution in [2.45, 2.75) is 352 Å². The molecular weight excluding hydrogens is 1490 g/mol. The average molecular weight is 1650 g/mol. The SMILES string of the molecule is CCCCCCCCCCCCCCCCCCCN(Cc1ccc(Cn2c(CCCC)nc3c(N)nc4ccccc4c32)cc1)C(C)(C)C.CCCCc1nc2c(CC(C)(C)C)nc3ccccc3c2n1Cc1ccc(CNCCC2CC2)cc1.CCCCc1nc2c(N)nc3ccccc3c2n1Cc1ccc(CN(CCC2CC2)C(C)(C)C)cc1. The Kier molecular flexibility index (Phi) is 34.4. The summed E-state index contributed by atoms with van der Waals surface area (Å²) < 4.78 is 7.24. The van der Waals surface area contributed by atoms with E-state index in [1.165, 1.54) is 211 Å². The van der Waals surface area contributed by atoms with Crippen LogP contribution in [-0.2, 0) is 65.0 Å². The lowest BCUT2D eigenvalue weighted by atomic mass is 9.89. The molecule has 0 unspecified atom stereocenters. The summed E-state index contributed by atoms with van der Waals surface area (Å²) in [5, 5.41) is 7.06. The maximum Gasteiger partial charge on any atom is 0.152 e. The lowest BCUT2D eigenvalue weighted by Crippen LogP contribution is -2.41. The molecule has 2 fully saturated rings. The highest BCUT2D eigenvalue weighted by Gasteiger charge is 2.29. The van der Waals surface area contributed by atoms with Crippen LogP contribution in [0.15, 0.2) is 146 Å². The number of hydrogen-bond acceptors (Lipinski definition) is 11. The zero-order valence-corrected chi connectivity index (χ0v) is 77.8. The number of hydrogen-bond donors (Lipinski definition) is 3. The lowest BCUT2D eigenvalue weighted by Gasteiger charge is -2.36. The summed E-state index contributed by atoms with van der Waals surface area (Å²) >= 11 is 0. The van der Waals surface area contributed by atoms with Crippen molar-refractivity contribution in [2.24, 2.45) is 17.3 Å². The highest BCUT2D eigenvalue weighted by Crippen LogP contribution is 2.38. The van der Waals surface area contributed by atoms with E-state index in [1.54, 1.807) is 0 Å². The lowest BCUT2D eigenvalue weighted by molar-refractivity contribution is 0.123. The van der Waals surface area contributed by atoms with Gasteiger partial charge in [-0.25, -0.2) is 24.9 Å². The number of aromatic nitrogens is 9. The van der Waals surface area contributed by atoms with E-state index in [0.29, 0.717) is 11.6 Å². The second kappa shape index (κ2) is 45.4. The monoisotopic (exact) mass is 1650 g/mol. The summed E-state index contributed by atoms with van der Waals surface area (Å²) in [6, 6.07) is 52.8. The fraction of sp³-hybridized carbons (Fsp3) is 0.556. The van der Waals surface area contributed by atoms with E-state index in [9.17, 15) is 0 Å². The molecule has 0 spiro atoms. The van der Waals surface area contributed by atoms with Gasteiger partial charge in [-0.1, -0.05) is 324 Å². The van der Waals surface area contributed by atoms with Gasteiger partial charge in [-0.2, -0.15) is 0 Å². The van der Waals surface area contributed by atoms with Gasteiger partial charge >= 0.3 is 0 Å². The minimum absolute atomic E-state index is 0.145. The fourth-order valence-electron chi connectivity index (χ4n) is 17.7. The summed E-state index contributed by atoms with van der Waals surface area (Å²) in [6.45, 7) is 38.8. The van der Waals surface area contributed by atoms with E-state index in [0.717, 1.165) is 194 Å². The summed E-state index contributed by atoms with van der Waals surface area (Å²) in [6.07, 6.45) is 43.1. The number of rotatable bonds is 46. The number of nitrogens with one attached hydrogen (secondary N) is 1. The van der Waals surface area contributed by atoms with Gasteiger partial charge in [-0.15, -0.1) is 0 Å². The van der Waals surface area contributed by atoms with Gasteiger partial charge in [0, 0.05) is 85.8 Å². The molecule has 0 saturated heterocycles. The smallest absolute Gasteiger partial charge is 0.152 e. The third-order valence-corrected chi connectivity index (χ3v) is 25.6. The zero-order valence-electron chi connectivity index (χ0n) is 77.8. The molecule has 0 amide bonds. The number of aryl methyl sites for hydroxylation is 3. The summed E-state index contributed by atoms with van der Waals surface area (Å²) in [7, 11) is 0. The number of nitrogens with zero attached hydrogens (tertiary/aromatic N) is 11. The molecule has 0 aliphatic heterocycles. The number of fused-ring (bicyclic) bond motifs is 9. The normalized spacial score (nSPS) is 13.4. The molecule has 2 aliphatic rings. The maximum absolute atomic E-state index is 6.44. The van der Waals surface area contributed by atoms with Crippen LogP contribution in [0.4, 0.5) is 11.6 Å². The molecule has 0 radical (unpaired) electrons. The van der Waals surface area contributed by atoms with Gasteiger partial charge in [0.15, 0.2) is 11.6 Å². The highest BCUT2D eigenvalue weighted by molar-refractivity contribution is 6.08. The number of pyridine rings is 3. The van der Waals surface area contributed by atoms with E-state index in [4.69, 9.17) is 31.4 Å². The van der Waals surface area contributed by atoms with Crippen molar-refractivity contribution in [1.82, 2.24) is 58.7 Å². The molecule has 14 heteroatoms. The first kappa shape index (κ1) is 92.6. The van der Waals surface area contributed by atoms with Gasteiger partial charge in [-0.05, 0) is 175 Å². The Morgan fingerprint density at radius 1 is 0.352 bits per heavy atom. The first-order chi connectivity index (χ1) is 59.1. The van der Waals surface area contributed by atoms with Crippen LogP contribution in [-0.4, -0.2) is 84.1 Å². The Bertz CT molecular complexity index is 5170. The molecule has 122 heavy (non-hydrogen) atoms. The van der Waals surface area contributed by atoms with E-state index in [2.05, 4.69) is 250 Å². The zero-order chi connectivity index (χ0) is 86.0. The minimum atomic E-state index is 0.145. The van der Waals surface area contributed by atoms with Gasteiger partial charge in [0.25, 0.3) is 0 Å². The van der Waals surface area contributed by atoms with Crippen LogP contribution in [0.25, 0.3) is 65.8 Å². The van der Waals surface area contributed by atoms with Crippen LogP contribution in [0.5, 0.6) is 0 Å². The van der Waals surface area contributed by atoms with E-state index in [1.807, 2.05) is 24.3 Å². The predicted molar refractivity (Wildman–Crippen MR) is 520 cm³/mol. The third-order valence-electron chi connectivity index (χ3n) is 25.6. The molecule has 2 saturated carbocycles. The van der Waals surface area contributed by atoms with Crippen LogP contribution >= 0.6 is 0 Å². The average Bonchev–Trinajstić information content (AvgIpc) is 1.60. The number of anilines is 2. The summed E-state index contributed by atoms with van der Waals surface area (Å²) in [4.78, 5) is 35.0. The standard InChI is InChI=1S/C45H71N5.C32H42N4.C31H41N5/c1-6-8-10-11-12-13-14-15-16-17-18-19-20-21-22-23-26-34-49(45(3,4)5)35-37-30-32-38(33-31-37)36-50-41(29-9-7-2)48-42-43(50)39-27-24-25-28-40(39)47-44(42)46;1-5-6-11-29-35-30-28(20-32(2,3)4)34-27-10-8-7-9-26(27)31(30)36(29)22-25-16-14-24(15-17-25)21-33-19-18-23-12-13-23;1-5-6-11-27-34-28-29(25-9-7-8-10-26(25)33-30(28)32)36(27)21-24-16-14-23(15-17-24)20-35(31(2,3)4)19-18-22-12-13-22/h24-25,27-28,30-33H,6-23,26,29,34-36H2,1-5H3,(H2,46,47);7-10,14-17,23,33H,5-6,11-13,18-22H2,1-4H3;7-10,14-17,22H,5-6,11-13,18-21H2,1-4H3,(H2,32,33). The van der Waals surface area contributed by atoms with Crippen LogP contribution in [0, 0.1) is 17.3 Å². The second-order valence-corrected chi connectivity index (χ2v) is 39.5. The first-order valence-electron chi connectivity index (χ1n) is 48.3. The van der Waals surface area contributed by atoms with Crippen molar-refractivity contribution >= 4 is 77.4 Å². The molecule has 0 bridgehead atoms. The number of benzene rings is 6. The van der Waals surface area contributed by atoms with Crippen molar-refractivity contribution < 1.29 is 0 Å². The highest BCUT2D eigenvalue weighted by atomic mass is 15.2. The number of unbranched alkanes of at least 4 members (excludes halogenated alkanes) is 19. The van der Waals surface area contributed by atoms with Gasteiger partial charge in [0.2, 0.25) is 0 Å². The summed E-state index contributed by atoms with van der Waals surface area (Å²) in [5.74, 6) is 6.37. The molecule has 0 atom stereocenters. The molecule has 14 rings (SSSR count). The van der Waals surface area contributed by atoms with Crippen LogP contribution in [0.2, 0.25) is 0 Å². The van der Waals surface area contributed by atoms with Crippen molar-refractivity contribution in [2.75, 3.05) is 31.1 Å². The van der Waals surface area contributed by atoms with Gasteiger partial charge < -0.3 is 30.5 Å². The number of nitrogens with two attached hydrogens (primary N) is 2. The Morgan fingerprint density at radius 3 is 1.06 bits per heavy atom. The molecule has 6 aromatic heterocycles. The Balaban J connectivity index is 0.000000170. The van der Waals surface area contributed by atoms with Crippen molar-refractivity contribution in [3.05, 3.63) is 202 Å². The minimum Gasteiger partial charge on any atom is -0.382 e. The van der Waals surface area contributed by atoms with Gasteiger partial charge in [0.1, 0.15) is 34.0 Å². The Hall–Kier alpha value is -8.56. The van der Waals surface area contributed by atoms with E-state index < -0.39 is 0 Å². The van der Waals surface area contributed by atoms with Gasteiger partial charge in [0.05, 0.1) is 38.8 Å². The third kappa shape index (κ3) is 27.0. The predicted octanol–water partition coefficient (Wildman–Crippen LogP) is 27.2. The van der Waals surface area contributed by atoms with Crippen LogP contribution < -0.4 is 16.8 Å². The second-order valence-electron chi connectivity index (χ2n) is 39.5. The first-order valence-corrected chi connectivity index (χ1v) is 48.3. The molecular formula is C108H154N14. The number of nitrogen functional groups attached to an aromatic ring is 2. The molecule has 6 aromatic carbocycles. The largest absolute Gasteiger partial charge is 0.382 e. The molecule has 2 aliphatic carbocycles. The molecule has 656 valence electrons. The van der Waals surface area contributed by atoms with Gasteiger partial charge in [-0.3, -0.25) is 14.8 Å². The van der Waals surface area contributed by atoms with Crippen molar-refractivity contribution in [3.63, 3.8) is 0 Å². The van der Waals surface area contributed by atoms with E-state index in [-0.39, 0.29) is 16.5 Å². The van der Waals surface area contributed by atoms with Crippen molar-refractivity contribution in [3.8, 4) is 0 Å². The Labute approximate surface area is 734 Å². The quantitative estimate of drug-likeness (QED) is 0.0311.